The van der Waals surface area contributed by atoms with Crippen LogP contribution in [0.5, 0.6) is 0 Å². The first kappa shape index (κ1) is 10.5. The number of fused-ring (bicyclic) bond motifs is 1. The van der Waals surface area contributed by atoms with E-state index in [1.807, 2.05) is 0 Å². The summed E-state index contributed by atoms with van der Waals surface area (Å²) in [5.74, 6) is -1.49. The van der Waals surface area contributed by atoms with Gasteiger partial charge in [-0.05, 0) is 35.2 Å². The Hall–Kier alpha value is -2.23. The van der Waals surface area contributed by atoms with E-state index in [0.29, 0.717) is 22.0 Å². The zero-order valence-electron chi connectivity index (χ0n) is 14.7. The number of aromatic nitrogens is 2. The molecule has 0 aliphatic carbocycles. The van der Waals surface area contributed by atoms with Crippen molar-refractivity contribution >= 4 is 10.9 Å². The van der Waals surface area contributed by atoms with Crippen molar-refractivity contribution < 1.29 is 12.9 Å². The Bertz CT molecular complexity index is 891. The van der Waals surface area contributed by atoms with E-state index < -0.39 is 18.6 Å². The molecule has 0 aliphatic rings. The molecule has 3 aromatic rings. The van der Waals surface area contributed by atoms with Crippen LogP contribution in [0.15, 0.2) is 36.5 Å². The molecule has 0 saturated heterocycles. The predicted octanol–water partition coefficient (Wildman–Crippen LogP) is 4.64. The van der Waals surface area contributed by atoms with Gasteiger partial charge in [0.05, 0.1) is 5.52 Å². The minimum absolute atomic E-state index is 0.0455. The average molecular weight is 289 g/mol. The first-order valence-electron chi connectivity index (χ1n) is 8.16. The van der Waals surface area contributed by atoms with E-state index in [4.69, 9.17) is 4.11 Å². The number of benzene rings is 2. The summed E-state index contributed by atoms with van der Waals surface area (Å²) in [5.41, 5.74) is 1.39. The Labute approximate surface area is 126 Å². The Morgan fingerprint density at radius 3 is 2.52 bits per heavy atom. The highest BCUT2D eigenvalue weighted by Gasteiger charge is 2.16. The fraction of sp³-hybridized carbons (Fsp3) is 0.235. The van der Waals surface area contributed by atoms with Crippen molar-refractivity contribution in [2.75, 3.05) is 0 Å². The number of rotatable bonds is 2. The lowest BCUT2D eigenvalue weighted by Crippen LogP contribution is -1.99. The third-order valence-electron chi connectivity index (χ3n) is 3.52. The summed E-state index contributed by atoms with van der Waals surface area (Å²) in [7, 11) is 0. The summed E-state index contributed by atoms with van der Waals surface area (Å²) in [4.78, 5) is 0. The van der Waals surface area contributed by atoms with Crippen LogP contribution in [0.1, 0.15) is 29.4 Å². The molecule has 2 nitrogen and oxygen atoms in total. The van der Waals surface area contributed by atoms with Crippen molar-refractivity contribution in [1.82, 2.24) is 9.78 Å². The van der Waals surface area contributed by atoms with E-state index >= 15 is 0 Å². The van der Waals surface area contributed by atoms with Crippen LogP contribution in [0.3, 0.4) is 0 Å². The topological polar surface area (TPSA) is 17.8 Å². The van der Waals surface area contributed by atoms with Crippen LogP contribution in [0.4, 0.5) is 8.78 Å². The van der Waals surface area contributed by atoms with Gasteiger partial charge in [0.15, 0.2) is 0 Å². The van der Waals surface area contributed by atoms with Gasteiger partial charge in [0, 0.05) is 28.2 Å². The van der Waals surface area contributed by atoms with Gasteiger partial charge in [-0.15, -0.1) is 0 Å². The van der Waals surface area contributed by atoms with Crippen LogP contribution in [-0.2, 0) is 6.98 Å². The van der Waals surface area contributed by atoms with Crippen LogP contribution >= 0.6 is 0 Å². The van der Waals surface area contributed by atoms with Crippen LogP contribution in [0.25, 0.3) is 22.0 Å². The van der Waals surface area contributed by atoms with Crippen LogP contribution < -0.4 is 0 Å². The van der Waals surface area contributed by atoms with Gasteiger partial charge < -0.3 is 0 Å². The molecule has 1 heterocycles. The molecular formula is C17H16F2N2. The molecule has 3 rings (SSSR count). The molecule has 0 fully saturated rings. The molecule has 0 radical (unpaired) electrons. The highest BCUT2D eigenvalue weighted by atomic mass is 19.1. The summed E-state index contributed by atoms with van der Waals surface area (Å²) in [6.45, 7) is 1.04. The average Bonchev–Trinajstić information content (AvgIpc) is 2.89. The maximum Gasteiger partial charge on any atom is 0.130 e. The maximum absolute atomic E-state index is 14.3. The highest BCUT2D eigenvalue weighted by Crippen LogP contribution is 2.32. The minimum atomic E-state index is -2.41. The SMILES string of the molecule is [2H]C([2H])([2H])n1cc2c(-c3cc(F)c(C(C)C)c(F)c3)cccc2n1. The zero-order valence-corrected chi connectivity index (χ0v) is 11.7. The second-order valence-electron chi connectivity index (χ2n) is 5.32. The Morgan fingerprint density at radius 2 is 1.90 bits per heavy atom. The predicted molar refractivity (Wildman–Crippen MR) is 80.2 cm³/mol. The molecule has 0 atom stereocenters. The molecule has 0 unspecified atom stereocenters. The smallest absolute Gasteiger partial charge is 0.130 e. The molecule has 0 saturated carbocycles. The lowest BCUT2D eigenvalue weighted by atomic mass is 9.96. The Morgan fingerprint density at radius 1 is 1.19 bits per heavy atom. The van der Waals surface area contributed by atoms with Gasteiger partial charge in [-0.25, -0.2) is 8.78 Å². The molecule has 0 bridgehead atoms. The monoisotopic (exact) mass is 289 g/mol. The molecule has 108 valence electrons. The van der Waals surface area contributed by atoms with Crippen molar-refractivity contribution in [3.8, 4) is 11.1 Å². The quantitative estimate of drug-likeness (QED) is 0.672. The lowest BCUT2D eigenvalue weighted by molar-refractivity contribution is 0.542. The van der Waals surface area contributed by atoms with Gasteiger partial charge in [0.1, 0.15) is 11.6 Å². The van der Waals surface area contributed by atoms with E-state index in [9.17, 15) is 8.78 Å². The van der Waals surface area contributed by atoms with Gasteiger partial charge in [0.25, 0.3) is 0 Å². The second kappa shape index (κ2) is 4.95. The van der Waals surface area contributed by atoms with Crippen molar-refractivity contribution in [2.24, 2.45) is 6.98 Å². The fourth-order valence-electron chi connectivity index (χ4n) is 2.59. The summed E-state index contributed by atoms with van der Waals surface area (Å²) >= 11 is 0. The molecule has 2 aromatic carbocycles. The Kier molecular flexibility index (Phi) is 2.47. The number of hydrogen-bond acceptors (Lipinski definition) is 1. The third-order valence-corrected chi connectivity index (χ3v) is 3.52. The minimum Gasteiger partial charge on any atom is -0.275 e. The van der Waals surface area contributed by atoms with Crippen molar-refractivity contribution in [3.63, 3.8) is 0 Å². The summed E-state index contributed by atoms with van der Waals surface area (Å²) in [6.07, 6.45) is 1.38. The first-order chi connectivity index (χ1) is 11.2. The number of aryl methyl sites for hydroxylation is 1. The van der Waals surface area contributed by atoms with Gasteiger partial charge in [-0.3, -0.25) is 4.68 Å². The normalized spacial score (nSPS) is 14.2. The molecule has 0 N–H and O–H groups in total. The number of hydrogen-bond donors (Lipinski definition) is 0. The zero-order chi connectivity index (χ0) is 17.6. The molecule has 4 heteroatoms. The van der Waals surface area contributed by atoms with E-state index in [1.165, 1.54) is 18.3 Å². The molecule has 1 aromatic heterocycles. The van der Waals surface area contributed by atoms with E-state index in [-0.39, 0.29) is 11.5 Å². The maximum atomic E-state index is 14.3. The standard InChI is InChI=1S/C17H16F2N2/c1-10(2)17-14(18)7-11(8-15(17)19)12-5-4-6-16-13(12)9-21(3)20-16/h4-10H,1-3H3/i3D3. The molecule has 21 heavy (non-hydrogen) atoms. The summed E-state index contributed by atoms with van der Waals surface area (Å²) in [5, 5.41) is 4.56. The number of halogens is 2. The summed E-state index contributed by atoms with van der Waals surface area (Å²) in [6, 6.07) is 7.59. The van der Waals surface area contributed by atoms with E-state index in [2.05, 4.69) is 5.10 Å². The van der Waals surface area contributed by atoms with Crippen LogP contribution in [0.2, 0.25) is 0 Å². The van der Waals surface area contributed by atoms with Crippen molar-refractivity contribution in [1.29, 1.82) is 0 Å². The van der Waals surface area contributed by atoms with Crippen molar-refractivity contribution in [3.05, 3.63) is 53.7 Å². The highest BCUT2D eigenvalue weighted by molar-refractivity contribution is 5.94. The van der Waals surface area contributed by atoms with Gasteiger partial charge >= 0.3 is 0 Å². The molecule has 0 amide bonds. The number of nitrogens with zero attached hydrogens (tertiary/aromatic N) is 2. The van der Waals surface area contributed by atoms with Gasteiger partial charge in [-0.1, -0.05) is 26.0 Å². The van der Waals surface area contributed by atoms with Crippen molar-refractivity contribution in [2.45, 2.75) is 19.8 Å². The second-order valence-corrected chi connectivity index (χ2v) is 5.32. The van der Waals surface area contributed by atoms with Gasteiger partial charge in [-0.2, -0.15) is 5.10 Å². The molecule has 0 spiro atoms. The summed E-state index contributed by atoms with van der Waals surface area (Å²) < 4.78 is 51.8. The van der Waals surface area contributed by atoms with Crippen LogP contribution in [-0.4, -0.2) is 9.78 Å². The van der Waals surface area contributed by atoms with Gasteiger partial charge in [0.2, 0.25) is 0 Å². The Balaban J connectivity index is 2.22. The third kappa shape index (κ3) is 2.31. The largest absolute Gasteiger partial charge is 0.275 e. The van der Waals surface area contributed by atoms with E-state index in [0.717, 1.165) is 4.68 Å². The first-order valence-corrected chi connectivity index (χ1v) is 6.66. The van der Waals surface area contributed by atoms with Crippen LogP contribution in [0, 0.1) is 11.6 Å². The fourth-order valence-corrected chi connectivity index (χ4v) is 2.59. The molecule has 0 aliphatic heterocycles. The van der Waals surface area contributed by atoms with E-state index in [1.54, 1.807) is 32.0 Å². The molecular weight excluding hydrogens is 270 g/mol. The lowest BCUT2D eigenvalue weighted by Gasteiger charge is -2.11.